The van der Waals surface area contributed by atoms with Gasteiger partial charge in [-0.1, -0.05) is 0 Å². The van der Waals surface area contributed by atoms with E-state index in [9.17, 15) is 0 Å². The molecular weight excluding hydrogens is 465 g/mol. The van der Waals surface area contributed by atoms with Crippen molar-refractivity contribution in [3.63, 3.8) is 0 Å². The zero-order valence-electron chi connectivity index (χ0n) is 17.3. The average Bonchev–Trinajstić information content (AvgIpc) is 3.20. The van der Waals surface area contributed by atoms with Crippen LogP contribution in [0.1, 0.15) is 0 Å². The van der Waals surface area contributed by atoms with Crippen LogP contribution in [0.15, 0.2) is 72.8 Å². The van der Waals surface area contributed by atoms with E-state index >= 15 is 0 Å². The molecule has 157 valence electrons. The molecule has 6 heteroatoms. The van der Waals surface area contributed by atoms with E-state index < -0.39 is 0 Å². The molecule has 0 N–H and O–H groups in total. The first kappa shape index (κ1) is 21.9. The molecular formula is C24H25N2O3Ru. The summed E-state index contributed by atoms with van der Waals surface area (Å²) < 4.78 is 16.9. The Morgan fingerprint density at radius 2 is 1.20 bits per heavy atom. The molecule has 1 saturated heterocycles. The van der Waals surface area contributed by atoms with Crippen molar-refractivity contribution in [3.05, 3.63) is 78.9 Å². The van der Waals surface area contributed by atoms with Gasteiger partial charge in [0.2, 0.25) is 0 Å². The van der Waals surface area contributed by atoms with Gasteiger partial charge in [0.1, 0.15) is 0 Å². The summed E-state index contributed by atoms with van der Waals surface area (Å²) in [4.78, 5) is 4.50. The Bertz CT molecular complexity index is 908. The molecule has 0 atom stereocenters. The van der Waals surface area contributed by atoms with E-state index in [0.717, 1.165) is 46.1 Å². The third-order valence-electron chi connectivity index (χ3n) is 4.63. The molecule has 1 fully saturated rings. The standard InChI is InChI=1S/C17H18N2O2.C7H7O.Ru/c1-20-16-9-5-3-7-14(16)18-11-12-19(13-18)15-8-4-6-10-17(15)21-2;1-8-7-5-3-2-4-6-7;/h3-10H,11-12H2,1-2H3;2-5H,1H3;/q;-1;+1. The Hall–Kier alpha value is -2.85. The second-order valence-corrected chi connectivity index (χ2v) is 7.11. The fourth-order valence-corrected chi connectivity index (χ4v) is 3.98. The summed E-state index contributed by atoms with van der Waals surface area (Å²) in [6, 6.07) is 26.6. The van der Waals surface area contributed by atoms with Gasteiger partial charge in [-0.3, -0.25) is 0 Å². The minimum absolute atomic E-state index is 0.785. The summed E-state index contributed by atoms with van der Waals surface area (Å²) >= 11 is 2.73. The fraction of sp³-hybridized carbons (Fsp3) is 0.208. The van der Waals surface area contributed by atoms with Gasteiger partial charge in [0.05, 0.1) is 7.11 Å². The van der Waals surface area contributed by atoms with Crippen LogP contribution in [-0.4, -0.2) is 38.8 Å². The molecule has 0 aliphatic carbocycles. The van der Waals surface area contributed by atoms with E-state index in [1.807, 2.05) is 60.7 Å². The molecule has 5 nitrogen and oxygen atoms in total. The van der Waals surface area contributed by atoms with Gasteiger partial charge >= 0.3 is 140 Å². The summed E-state index contributed by atoms with van der Waals surface area (Å²) in [6.07, 6.45) is 0. The molecule has 1 aliphatic heterocycles. The van der Waals surface area contributed by atoms with Gasteiger partial charge in [0.15, 0.2) is 0 Å². The quantitative estimate of drug-likeness (QED) is 0.397. The van der Waals surface area contributed by atoms with Crippen molar-refractivity contribution in [2.45, 2.75) is 0 Å². The second-order valence-electron chi connectivity index (χ2n) is 6.34. The predicted octanol–water partition coefficient (Wildman–Crippen LogP) is 4.16. The summed E-state index contributed by atoms with van der Waals surface area (Å²) in [7, 11) is 5.04. The third-order valence-corrected chi connectivity index (χ3v) is 5.57. The first-order valence-corrected chi connectivity index (χ1v) is 10.4. The summed E-state index contributed by atoms with van der Waals surface area (Å²) in [5.41, 5.74) is 2.16. The van der Waals surface area contributed by atoms with Crippen LogP contribution in [0.4, 0.5) is 11.4 Å². The molecule has 30 heavy (non-hydrogen) atoms. The monoisotopic (exact) mass is 491 g/mol. The van der Waals surface area contributed by atoms with Gasteiger partial charge in [0, 0.05) is 5.75 Å². The van der Waals surface area contributed by atoms with Crippen molar-refractivity contribution >= 4 is 15.7 Å². The number of hydrogen-bond acceptors (Lipinski definition) is 5. The van der Waals surface area contributed by atoms with Crippen LogP contribution < -0.4 is 24.0 Å². The molecule has 3 aromatic rings. The molecule has 0 unspecified atom stereocenters. The number of methoxy groups -OCH3 is 3. The van der Waals surface area contributed by atoms with Crippen molar-refractivity contribution in [2.24, 2.45) is 0 Å². The maximum atomic E-state index is 5.49. The van der Waals surface area contributed by atoms with Crippen molar-refractivity contribution in [2.75, 3.05) is 44.2 Å². The Morgan fingerprint density at radius 1 is 0.700 bits per heavy atom. The Kier molecular flexibility index (Phi) is 7.86. The van der Waals surface area contributed by atoms with Gasteiger partial charge < -0.3 is 4.74 Å². The number of ether oxygens (including phenoxy) is 3. The van der Waals surface area contributed by atoms with Crippen LogP contribution in [-0.2, 0) is 17.9 Å². The van der Waals surface area contributed by atoms with Crippen molar-refractivity contribution in [3.8, 4) is 17.2 Å². The fourth-order valence-electron chi connectivity index (χ4n) is 3.17. The number of anilines is 2. The van der Waals surface area contributed by atoms with Crippen LogP contribution in [0.5, 0.6) is 17.2 Å². The first-order chi connectivity index (χ1) is 14.7. The Labute approximate surface area is 188 Å². The van der Waals surface area contributed by atoms with Gasteiger partial charge in [-0.05, 0) is 0 Å². The summed E-state index contributed by atoms with van der Waals surface area (Å²) in [5.74, 6) is 2.55. The van der Waals surface area contributed by atoms with E-state index in [2.05, 4.69) is 45.8 Å². The topological polar surface area (TPSA) is 34.2 Å². The van der Waals surface area contributed by atoms with Crippen molar-refractivity contribution in [1.82, 2.24) is 0 Å². The van der Waals surface area contributed by atoms with Crippen LogP contribution in [0.2, 0.25) is 0 Å². The zero-order chi connectivity index (χ0) is 21.3. The molecule has 0 saturated carbocycles. The van der Waals surface area contributed by atoms with Crippen molar-refractivity contribution in [1.29, 1.82) is 0 Å². The first-order valence-electron chi connectivity index (χ1n) is 9.52. The van der Waals surface area contributed by atoms with Gasteiger partial charge in [-0.15, -0.1) is 12.1 Å². The van der Waals surface area contributed by atoms with Gasteiger partial charge in [-0.25, -0.2) is 0 Å². The van der Waals surface area contributed by atoms with E-state index in [0.29, 0.717) is 0 Å². The number of rotatable bonds is 5. The maximum absolute atomic E-state index is 5.49. The van der Waals surface area contributed by atoms with Crippen LogP contribution in [0, 0.1) is 6.07 Å². The van der Waals surface area contributed by atoms with Crippen LogP contribution in [0.3, 0.4) is 0 Å². The van der Waals surface area contributed by atoms with Crippen LogP contribution >= 0.6 is 0 Å². The zero-order valence-corrected chi connectivity index (χ0v) is 19.1. The molecule has 4 rings (SSSR count). The third kappa shape index (κ3) is 5.00. The SMILES string of the molecule is COc1[c-]cccc1.COc1ccccc1N1CCN(c2ccccc2OC)[C]1=[Ru+]. The number of benzene rings is 3. The molecule has 0 radical (unpaired) electrons. The summed E-state index contributed by atoms with van der Waals surface area (Å²) in [5, 5.41) is 0. The Morgan fingerprint density at radius 3 is 1.60 bits per heavy atom. The average molecular weight is 491 g/mol. The van der Waals surface area contributed by atoms with E-state index in [1.165, 1.54) is 0 Å². The minimum atomic E-state index is 0.785. The van der Waals surface area contributed by atoms with Crippen molar-refractivity contribution < 1.29 is 32.1 Å². The molecule has 0 bridgehead atoms. The molecule has 1 aliphatic rings. The van der Waals surface area contributed by atoms with E-state index in [4.69, 9.17) is 14.2 Å². The van der Waals surface area contributed by atoms with Crippen LogP contribution in [0.25, 0.3) is 0 Å². The Balaban J connectivity index is 0.000000269. The van der Waals surface area contributed by atoms with Gasteiger partial charge in [0.25, 0.3) is 0 Å². The second kappa shape index (κ2) is 10.8. The predicted molar refractivity (Wildman–Crippen MR) is 118 cm³/mol. The molecule has 0 aromatic heterocycles. The molecule has 1 heterocycles. The molecule has 3 aromatic carbocycles. The molecule has 0 spiro atoms. The van der Waals surface area contributed by atoms with Gasteiger partial charge in [-0.2, -0.15) is 18.2 Å². The number of nitrogens with zero attached hydrogens (tertiary/aromatic N) is 2. The van der Waals surface area contributed by atoms with E-state index in [-0.39, 0.29) is 0 Å². The molecule has 0 amide bonds. The summed E-state index contributed by atoms with van der Waals surface area (Å²) in [6.45, 7) is 1.81. The van der Waals surface area contributed by atoms with E-state index in [1.54, 1.807) is 21.3 Å². The normalized spacial score (nSPS) is 12.8. The number of hydrogen-bond donors (Lipinski definition) is 0. The number of para-hydroxylation sites is 5.